The molecule has 2 aromatic rings. The Balaban J connectivity index is 2.35. The average Bonchev–Trinajstić information content (AvgIpc) is 3.06. The quantitative estimate of drug-likeness (QED) is 0.112. The molecule has 0 fully saturated rings. The minimum absolute atomic E-state index is 0.0803. The summed E-state index contributed by atoms with van der Waals surface area (Å²) in [6.07, 6.45) is 12.1. The van der Waals surface area contributed by atoms with Crippen LogP contribution in [-0.4, -0.2) is 52.8 Å². The van der Waals surface area contributed by atoms with Gasteiger partial charge in [-0.1, -0.05) is 53.4 Å². The van der Waals surface area contributed by atoms with E-state index in [0.717, 1.165) is 88.9 Å². The number of allylic oxidation sites excluding steroid dienone is 2. The minimum atomic E-state index is -0.0803. The van der Waals surface area contributed by atoms with Crippen LogP contribution >= 0.6 is 0 Å². The van der Waals surface area contributed by atoms with E-state index in [1.54, 1.807) is 26.6 Å². The molecule has 0 amide bonds. The molecule has 0 saturated heterocycles. The van der Waals surface area contributed by atoms with Gasteiger partial charge in [0.2, 0.25) is 0 Å². The first kappa shape index (κ1) is 35.9. The van der Waals surface area contributed by atoms with Gasteiger partial charge >= 0.3 is 0 Å². The Morgan fingerprint density at radius 2 is 0.977 bits per heavy atom. The molecule has 0 unspecified atom stereocenters. The topological polar surface area (TPSA) is 97.2 Å². The SMILES string of the molecule is CCCCN(CCCC)c1ccc(C=N/C(C#N)=C(\C#N)N=Cc2ccc(N(CCCC)CCCC)cc2OC)c(OC)c1. The maximum Gasteiger partial charge on any atom is 0.176 e. The van der Waals surface area contributed by atoms with Crippen LogP contribution in [0.1, 0.15) is 90.2 Å². The highest BCUT2D eigenvalue weighted by molar-refractivity contribution is 5.87. The van der Waals surface area contributed by atoms with E-state index in [0.29, 0.717) is 22.6 Å². The standard InChI is InChI=1S/C36H50N6O2/c1-7-11-19-41(20-12-8-2)31-17-15-29(35(23-31)43-5)27-39-33(25-37)34(26-38)40-28-30-16-18-32(24-36(30)44-6)42(21-13-9-3)22-14-10-4/h15-18,23-24,27-28H,7-14,19-22H2,1-6H3/b34-33+,39-27?,40-28?. The molecule has 0 heterocycles. The Kier molecular flexibility index (Phi) is 16.8. The van der Waals surface area contributed by atoms with E-state index in [4.69, 9.17) is 9.47 Å². The molecule has 0 spiro atoms. The van der Waals surface area contributed by atoms with Crippen LogP contribution in [0.15, 0.2) is 57.8 Å². The summed E-state index contributed by atoms with van der Waals surface area (Å²) in [5, 5.41) is 19.7. The van der Waals surface area contributed by atoms with Crippen LogP contribution in [0.25, 0.3) is 0 Å². The summed E-state index contributed by atoms with van der Waals surface area (Å²) >= 11 is 0. The second-order valence-electron chi connectivity index (χ2n) is 10.7. The van der Waals surface area contributed by atoms with Crippen molar-refractivity contribution < 1.29 is 9.47 Å². The fourth-order valence-corrected chi connectivity index (χ4v) is 4.70. The zero-order valence-electron chi connectivity index (χ0n) is 27.6. The molecule has 8 heteroatoms. The number of rotatable bonds is 20. The Morgan fingerprint density at radius 3 is 1.25 bits per heavy atom. The van der Waals surface area contributed by atoms with E-state index in [9.17, 15) is 10.5 Å². The smallest absolute Gasteiger partial charge is 0.176 e. The number of benzene rings is 2. The van der Waals surface area contributed by atoms with Crippen LogP contribution in [0.5, 0.6) is 11.5 Å². The van der Waals surface area contributed by atoms with Crippen molar-refractivity contribution in [2.24, 2.45) is 9.98 Å². The average molecular weight is 599 g/mol. The van der Waals surface area contributed by atoms with E-state index < -0.39 is 0 Å². The van der Waals surface area contributed by atoms with Crippen molar-refractivity contribution in [1.82, 2.24) is 0 Å². The lowest BCUT2D eigenvalue weighted by atomic mass is 10.1. The number of ether oxygens (including phenoxy) is 2. The first-order valence-corrected chi connectivity index (χ1v) is 16.0. The van der Waals surface area contributed by atoms with Gasteiger partial charge in [0.05, 0.1) is 14.2 Å². The van der Waals surface area contributed by atoms with Gasteiger partial charge in [0.25, 0.3) is 0 Å². The molecular formula is C36H50N6O2. The predicted octanol–water partition coefficient (Wildman–Crippen LogP) is 8.31. The molecule has 2 rings (SSSR count). The molecule has 0 saturated carbocycles. The van der Waals surface area contributed by atoms with Crippen molar-refractivity contribution in [3.05, 3.63) is 58.9 Å². The molecule has 0 aliphatic carbocycles. The first-order chi connectivity index (χ1) is 21.5. The third-order valence-electron chi connectivity index (χ3n) is 7.39. The summed E-state index contributed by atoms with van der Waals surface area (Å²) < 4.78 is 11.3. The van der Waals surface area contributed by atoms with Gasteiger partial charge in [0, 0.05) is 73.2 Å². The number of hydrogen-bond donors (Lipinski definition) is 0. The van der Waals surface area contributed by atoms with Crippen molar-refractivity contribution >= 4 is 23.8 Å². The highest BCUT2D eigenvalue weighted by Gasteiger charge is 2.12. The normalized spacial score (nSPS) is 11.7. The highest BCUT2D eigenvalue weighted by atomic mass is 16.5. The maximum absolute atomic E-state index is 9.84. The largest absolute Gasteiger partial charge is 0.496 e. The fourth-order valence-electron chi connectivity index (χ4n) is 4.70. The number of nitrogens with zero attached hydrogens (tertiary/aromatic N) is 6. The van der Waals surface area contributed by atoms with Gasteiger partial charge in [-0.05, 0) is 49.9 Å². The third kappa shape index (κ3) is 11.1. The van der Waals surface area contributed by atoms with E-state index in [2.05, 4.69) is 59.6 Å². The number of aliphatic imine (C=N–C) groups is 2. The monoisotopic (exact) mass is 598 g/mol. The van der Waals surface area contributed by atoms with Gasteiger partial charge in [-0.15, -0.1) is 0 Å². The molecular weight excluding hydrogens is 548 g/mol. The molecule has 0 aromatic heterocycles. The third-order valence-corrected chi connectivity index (χ3v) is 7.39. The molecule has 0 bridgehead atoms. The van der Waals surface area contributed by atoms with Crippen LogP contribution in [0.2, 0.25) is 0 Å². The molecule has 0 aliphatic rings. The number of hydrogen-bond acceptors (Lipinski definition) is 8. The van der Waals surface area contributed by atoms with Crippen LogP contribution in [0, 0.1) is 22.7 Å². The van der Waals surface area contributed by atoms with Gasteiger partial charge in [-0.3, -0.25) is 0 Å². The van der Waals surface area contributed by atoms with Crippen LogP contribution in [-0.2, 0) is 0 Å². The molecule has 0 N–H and O–H groups in total. The molecule has 0 atom stereocenters. The van der Waals surface area contributed by atoms with Gasteiger partial charge in [0.1, 0.15) is 23.6 Å². The summed E-state index contributed by atoms with van der Waals surface area (Å²) in [6.45, 7) is 12.7. The maximum atomic E-state index is 9.84. The Hall–Kier alpha value is -4.30. The van der Waals surface area contributed by atoms with E-state index in [-0.39, 0.29) is 11.4 Å². The van der Waals surface area contributed by atoms with Gasteiger partial charge in [0.15, 0.2) is 11.4 Å². The number of methoxy groups -OCH3 is 2. The molecule has 44 heavy (non-hydrogen) atoms. The second kappa shape index (κ2) is 20.6. The lowest BCUT2D eigenvalue weighted by Crippen LogP contribution is -2.25. The van der Waals surface area contributed by atoms with E-state index in [1.807, 2.05) is 36.4 Å². The summed E-state index contributed by atoms with van der Waals surface area (Å²) in [5.74, 6) is 1.31. The van der Waals surface area contributed by atoms with Crippen LogP contribution < -0.4 is 19.3 Å². The Morgan fingerprint density at radius 1 is 0.636 bits per heavy atom. The molecule has 8 nitrogen and oxygen atoms in total. The predicted molar refractivity (Wildman–Crippen MR) is 183 cm³/mol. The second-order valence-corrected chi connectivity index (χ2v) is 10.7. The van der Waals surface area contributed by atoms with Crippen molar-refractivity contribution in [3.63, 3.8) is 0 Å². The first-order valence-electron chi connectivity index (χ1n) is 16.0. The number of unbranched alkanes of at least 4 members (excludes halogenated alkanes) is 4. The van der Waals surface area contributed by atoms with E-state index in [1.165, 1.54) is 0 Å². The van der Waals surface area contributed by atoms with Crippen molar-refractivity contribution in [2.75, 3.05) is 50.2 Å². The lowest BCUT2D eigenvalue weighted by molar-refractivity contribution is 0.414. The Bertz CT molecular complexity index is 1220. The molecule has 0 aliphatic heterocycles. The van der Waals surface area contributed by atoms with E-state index >= 15 is 0 Å². The highest BCUT2D eigenvalue weighted by Crippen LogP contribution is 2.27. The molecule has 2 aromatic carbocycles. The summed E-state index contributed by atoms with van der Waals surface area (Å²) in [7, 11) is 3.24. The van der Waals surface area contributed by atoms with Crippen molar-refractivity contribution in [3.8, 4) is 23.6 Å². The van der Waals surface area contributed by atoms with Gasteiger partial charge in [-0.2, -0.15) is 10.5 Å². The van der Waals surface area contributed by atoms with Gasteiger partial charge in [-0.25, -0.2) is 9.98 Å². The zero-order chi connectivity index (χ0) is 32.2. The summed E-state index contributed by atoms with van der Waals surface area (Å²) in [6, 6.07) is 16.0. The number of anilines is 2. The fraction of sp³-hybridized carbons (Fsp3) is 0.500. The van der Waals surface area contributed by atoms with Crippen LogP contribution in [0.3, 0.4) is 0 Å². The Labute approximate surface area is 265 Å². The molecule has 0 radical (unpaired) electrons. The minimum Gasteiger partial charge on any atom is -0.496 e. The van der Waals surface area contributed by atoms with Crippen LogP contribution in [0.4, 0.5) is 11.4 Å². The molecule has 236 valence electrons. The lowest BCUT2D eigenvalue weighted by Gasteiger charge is -2.25. The summed E-state index contributed by atoms with van der Waals surface area (Å²) in [5.41, 5.74) is 3.45. The van der Waals surface area contributed by atoms with Crippen molar-refractivity contribution in [2.45, 2.75) is 79.1 Å². The van der Waals surface area contributed by atoms with Crippen molar-refractivity contribution in [1.29, 1.82) is 10.5 Å². The van der Waals surface area contributed by atoms with Gasteiger partial charge < -0.3 is 19.3 Å². The summed E-state index contributed by atoms with van der Waals surface area (Å²) in [4.78, 5) is 13.4. The number of nitriles is 2. The zero-order valence-corrected chi connectivity index (χ0v) is 27.6.